The molecule has 1 saturated heterocycles. The third kappa shape index (κ3) is 1.98. The van der Waals surface area contributed by atoms with Crippen LogP contribution in [-0.2, 0) is 0 Å². The number of hydrogen-bond donors (Lipinski definition) is 2. The Balaban J connectivity index is 2.14. The molecule has 2 rings (SSSR count). The summed E-state index contributed by atoms with van der Waals surface area (Å²) in [6.07, 6.45) is 4.15. The van der Waals surface area contributed by atoms with Crippen LogP contribution in [0, 0.1) is 0 Å². The molecule has 3 nitrogen and oxygen atoms in total. The number of nitrogens with zero attached hydrogens (tertiary/aromatic N) is 1. The van der Waals surface area contributed by atoms with Crippen LogP contribution in [0.3, 0.4) is 0 Å². The highest BCUT2D eigenvalue weighted by atomic mass is 14.9. The Kier molecular flexibility index (Phi) is 2.45. The standard InChI is InChI=1S/C10H15N3/c11-9-3-6-13-10(7-9)8-1-4-12-5-2-8/h3,6-8,12H,1-2,4-5H2,(H2,11,13). The highest BCUT2D eigenvalue weighted by Gasteiger charge is 2.15. The normalized spacial score (nSPS) is 18.8. The van der Waals surface area contributed by atoms with Gasteiger partial charge in [0.1, 0.15) is 0 Å². The number of piperidine rings is 1. The Hall–Kier alpha value is -1.09. The van der Waals surface area contributed by atoms with E-state index < -0.39 is 0 Å². The molecule has 0 spiro atoms. The van der Waals surface area contributed by atoms with Gasteiger partial charge in [-0.3, -0.25) is 4.98 Å². The third-order valence-electron chi connectivity index (χ3n) is 2.56. The highest BCUT2D eigenvalue weighted by Crippen LogP contribution is 2.24. The molecular weight excluding hydrogens is 162 g/mol. The van der Waals surface area contributed by atoms with E-state index in [4.69, 9.17) is 5.73 Å². The number of anilines is 1. The molecule has 0 amide bonds. The molecule has 3 N–H and O–H groups in total. The largest absolute Gasteiger partial charge is 0.399 e. The minimum atomic E-state index is 0.602. The second-order valence-electron chi connectivity index (χ2n) is 3.54. The first-order chi connectivity index (χ1) is 6.36. The lowest BCUT2D eigenvalue weighted by Crippen LogP contribution is -2.27. The molecule has 0 aliphatic carbocycles. The van der Waals surface area contributed by atoms with Crippen molar-refractivity contribution in [1.82, 2.24) is 10.3 Å². The van der Waals surface area contributed by atoms with Crippen molar-refractivity contribution in [2.24, 2.45) is 0 Å². The van der Waals surface area contributed by atoms with E-state index in [1.54, 1.807) is 6.20 Å². The summed E-state index contributed by atoms with van der Waals surface area (Å²) in [5.74, 6) is 0.602. The molecule has 0 aromatic carbocycles. The maximum absolute atomic E-state index is 5.71. The van der Waals surface area contributed by atoms with Gasteiger partial charge in [-0.05, 0) is 38.1 Å². The number of rotatable bonds is 1. The van der Waals surface area contributed by atoms with Crippen molar-refractivity contribution in [1.29, 1.82) is 0 Å². The summed E-state index contributed by atoms with van der Waals surface area (Å²) >= 11 is 0. The summed E-state index contributed by atoms with van der Waals surface area (Å²) in [7, 11) is 0. The number of aromatic nitrogens is 1. The minimum absolute atomic E-state index is 0.602. The molecule has 0 radical (unpaired) electrons. The first-order valence-corrected chi connectivity index (χ1v) is 4.78. The Labute approximate surface area is 78.4 Å². The Morgan fingerprint density at radius 3 is 2.85 bits per heavy atom. The van der Waals surface area contributed by atoms with E-state index in [-0.39, 0.29) is 0 Å². The fraction of sp³-hybridized carbons (Fsp3) is 0.500. The van der Waals surface area contributed by atoms with Crippen molar-refractivity contribution in [3.8, 4) is 0 Å². The van der Waals surface area contributed by atoms with Gasteiger partial charge in [-0.2, -0.15) is 0 Å². The molecule has 0 saturated carbocycles. The van der Waals surface area contributed by atoms with Gasteiger partial charge in [-0.25, -0.2) is 0 Å². The molecule has 1 aromatic rings. The van der Waals surface area contributed by atoms with Crippen LogP contribution in [0.1, 0.15) is 24.5 Å². The quantitative estimate of drug-likeness (QED) is 0.676. The Bertz CT molecular complexity index is 279. The van der Waals surface area contributed by atoms with E-state index >= 15 is 0 Å². The zero-order valence-electron chi connectivity index (χ0n) is 7.66. The van der Waals surface area contributed by atoms with Gasteiger partial charge in [-0.1, -0.05) is 0 Å². The van der Waals surface area contributed by atoms with Gasteiger partial charge in [0.05, 0.1) is 0 Å². The molecule has 1 fully saturated rings. The summed E-state index contributed by atoms with van der Waals surface area (Å²) in [6.45, 7) is 2.20. The number of pyridine rings is 1. The van der Waals surface area contributed by atoms with Crippen LogP contribution in [-0.4, -0.2) is 18.1 Å². The Morgan fingerprint density at radius 1 is 1.38 bits per heavy atom. The van der Waals surface area contributed by atoms with Crippen molar-refractivity contribution in [3.05, 3.63) is 24.0 Å². The molecule has 0 unspecified atom stereocenters. The number of hydrogen-bond acceptors (Lipinski definition) is 3. The smallest absolute Gasteiger partial charge is 0.0455 e. The number of nitrogens with one attached hydrogen (secondary N) is 1. The van der Waals surface area contributed by atoms with Crippen molar-refractivity contribution in [2.75, 3.05) is 18.8 Å². The summed E-state index contributed by atoms with van der Waals surface area (Å²) < 4.78 is 0. The van der Waals surface area contributed by atoms with Crippen LogP contribution < -0.4 is 11.1 Å². The van der Waals surface area contributed by atoms with Crippen LogP contribution in [0.2, 0.25) is 0 Å². The van der Waals surface area contributed by atoms with E-state index in [2.05, 4.69) is 10.3 Å². The molecule has 0 bridgehead atoms. The second kappa shape index (κ2) is 3.75. The fourth-order valence-electron chi connectivity index (χ4n) is 1.81. The van der Waals surface area contributed by atoms with Crippen molar-refractivity contribution >= 4 is 5.69 Å². The zero-order chi connectivity index (χ0) is 9.10. The van der Waals surface area contributed by atoms with E-state index in [0.29, 0.717) is 5.92 Å². The van der Waals surface area contributed by atoms with Crippen LogP contribution in [0.4, 0.5) is 5.69 Å². The fourth-order valence-corrected chi connectivity index (χ4v) is 1.81. The molecule has 1 aromatic heterocycles. The van der Waals surface area contributed by atoms with E-state index in [1.807, 2.05) is 12.1 Å². The van der Waals surface area contributed by atoms with Gasteiger partial charge in [0.25, 0.3) is 0 Å². The van der Waals surface area contributed by atoms with E-state index in [9.17, 15) is 0 Å². The molecule has 70 valence electrons. The summed E-state index contributed by atoms with van der Waals surface area (Å²) in [6, 6.07) is 3.83. The summed E-state index contributed by atoms with van der Waals surface area (Å²) in [5, 5.41) is 3.34. The minimum Gasteiger partial charge on any atom is -0.399 e. The van der Waals surface area contributed by atoms with Gasteiger partial charge in [-0.15, -0.1) is 0 Å². The van der Waals surface area contributed by atoms with Crippen molar-refractivity contribution < 1.29 is 0 Å². The highest BCUT2D eigenvalue weighted by molar-refractivity contribution is 5.38. The monoisotopic (exact) mass is 177 g/mol. The van der Waals surface area contributed by atoms with Crippen LogP contribution in [0.25, 0.3) is 0 Å². The maximum Gasteiger partial charge on any atom is 0.0455 e. The van der Waals surface area contributed by atoms with Gasteiger partial charge in [0.2, 0.25) is 0 Å². The Morgan fingerprint density at radius 2 is 2.15 bits per heavy atom. The first-order valence-electron chi connectivity index (χ1n) is 4.78. The van der Waals surface area contributed by atoms with Gasteiger partial charge < -0.3 is 11.1 Å². The van der Waals surface area contributed by atoms with Gasteiger partial charge in [0.15, 0.2) is 0 Å². The average Bonchev–Trinajstić information content (AvgIpc) is 2.19. The maximum atomic E-state index is 5.71. The van der Waals surface area contributed by atoms with Crippen LogP contribution in [0.15, 0.2) is 18.3 Å². The zero-order valence-corrected chi connectivity index (χ0v) is 7.66. The lowest BCUT2D eigenvalue weighted by atomic mass is 9.94. The number of nitrogens with two attached hydrogens (primary N) is 1. The summed E-state index contributed by atoms with van der Waals surface area (Å²) in [4.78, 5) is 4.36. The van der Waals surface area contributed by atoms with Gasteiger partial charge in [0, 0.05) is 23.5 Å². The topological polar surface area (TPSA) is 50.9 Å². The predicted octanol–water partition coefficient (Wildman–Crippen LogP) is 1.13. The van der Waals surface area contributed by atoms with Crippen LogP contribution in [0.5, 0.6) is 0 Å². The third-order valence-corrected chi connectivity index (χ3v) is 2.56. The molecule has 2 heterocycles. The summed E-state index contributed by atoms with van der Waals surface area (Å²) in [5.41, 5.74) is 7.69. The predicted molar refractivity (Wildman–Crippen MR) is 53.5 cm³/mol. The molecule has 0 atom stereocenters. The lowest BCUT2D eigenvalue weighted by Gasteiger charge is -2.22. The molecule has 1 aliphatic heterocycles. The van der Waals surface area contributed by atoms with E-state index in [1.165, 1.54) is 12.8 Å². The lowest BCUT2D eigenvalue weighted by molar-refractivity contribution is 0.453. The average molecular weight is 177 g/mol. The number of nitrogen functional groups attached to an aromatic ring is 1. The molecule has 3 heteroatoms. The molecule has 1 aliphatic rings. The van der Waals surface area contributed by atoms with E-state index in [0.717, 1.165) is 24.5 Å². The molecule has 13 heavy (non-hydrogen) atoms. The van der Waals surface area contributed by atoms with Gasteiger partial charge >= 0.3 is 0 Å². The first kappa shape index (κ1) is 8.51. The second-order valence-corrected chi connectivity index (χ2v) is 3.54. The van der Waals surface area contributed by atoms with Crippen LogP contribution >= 0.6 is 0 Å². The van der Waals surface area contributed by atoms with Crippen molar-refractivity contribution in [3.63, 3.8) is 0 Å². The SMILES string of the molecule is Nc1ccnc(C2CCNCC2)c1. The van der Waals surface area contributed by atoms with Crippen molar-refractivity contribution in [2.45, 2.75) is 18.8 Å². The molecular formula is C10H15N3.